The van der Waals surface area contributed by atoms with Crippen molar-refractivity contribution in [3.63, 3.8) is 0 Å². The molecule has 0 aliphatic heterocycles. The Morgan fingerprint density at radius 3 is 2.70 bits per heavy atom. The van der Waals surface area contributed by atoms with Crippen molar-refractivity contribution in [2.24, 2.45) is 5.10 Å². The van der Waals surface area contributed by atoms with Gasteiger partial charge in [0.2, 0.25) is 0 Å². The van der Waals surface area contributed by atoms with Gasteiger partial charge in [-0.15, -0.1) is 0 Å². The maximum absolute atomic E-state index is 12.1. The van der Waals surface area contributed by atoms with Crippen LogP contribution < -0.4 is 5.43 Å². The van der Waals surface area contributed by atoms with E-state index in [-0.39, 0.29) is 11.3 Å². The van der Waals surface area contributed by atoms with E-state index in [0.29, 0.717) is 27.7 Å². The molecular formula is C20H14ClN3O6. The summed E-state index contributed by atoms with van der Waals surface area (Å²) in [6, 6.07) is 13.1. The fourth-order valence-corrected chi connectivity index (χ4v) is 2.72. The highest BCUT2D eigenvalue weighted by Gasteiger charge is 2.14. The van der Waals surface area contributed by atoms with Gasteiger partial charge in [0, 0.05) is 23.3 Å². The monoisotopic (exact) mass is 427 g/mol. The van der Waals surface area contributed by atoms with Crippen molar-refractivity contribution < 1.29 is 23.7 Å². The largest absolute Gasteiger partial charge is 0.465 e. The number of esters is 1. The molecule has 9 nitrogen and oxygen atoms in total. The average molecular weight is 428 g/mol. The molecule has 3 aromatic rings. The summed E-state index contributed by atoms with van der Waals surface area (Å²) in [5.41, 5.74) is 2.96. The van der Waals surface area contributed by atoms with Crippen LogP contribution in [-0.4, -0.2) is 30.1 Å². The van der Waals surface area contributed by atoms with Crippen molar-refractivity contribution in [3.05, 3.63) is 86.6 Å². The van der Waals surface area contributed by atoms with Crippen LogP contribution in [0.2, 0.25) is 5.02 Å². The number of carbonyl (C=O) groups is 2. The van der Waals surface area contributed by atoms with Crippen molar-refractivity contribution >= 4 is 35.4 Å². The molecule has 1 heterocycles. The number of hydrogen-bond donors (Lipinski definition) is 1. The zero-order valence-electron chi connectivity index (χ0n) is 15.5. The molecular weight excluding hydrogens is 414 g/mol. The van der Waals surface area contributed by atoms with E-state index in [1.54, 1.807) is 18.2 Å². The zero-order valence-corrected chi connectivity index (χ0v) is 16.3. The van der Waals surface area contributed by atoms with Crippen LogP contribution in [0.4, 0.5) is 5.69 Å². The van der Waals surface area contributed by atoms with E-state index in [9.17, 15) is 19.7 Å². The third-order valence-corrected chi connectivity index (χ3v) is 4.29. The van der Waals surface area contributed by atoms with Gasteiger partial charge >= 0.3 is 5.97 Å². The number of benzene rings is 2. The molecule has 0 aliphatic carbocycles. The second kappa shape index (κ2) is 9.01. The van der Waals surface area contributed by atoms with E-state index >= 15 is 0 Å². The van der Waals surface area contributed by atoms with E-state index in [2.05, 4.69) is 10.5 Å². The maximum atomic E-state index is 12.1. The number of halogens is 1. The molecule has 0 radical (unpaired) electrons. The molecule has 1 N–H and O–H groups in total. The SMILES string of the molecule is COC(=O)c1ccc(Cl)c(-c2ccc(/C=N/NC(=O)c3cccc([N+](=O)[O-])c3)o2)c1. The molecule has 30 heavy (non-hydrogen) atoms. The van der Waals surface area contributed by atoms with Gasteiger partial charge in [-0.1, -0.05) is 17.7 Å². The molecule has 0 saturated carbocycles. The Hall–Kier alpha value is -3.98. The van der Waals surface area contributed by atoms with Crippen molar-refractivity contribution in [1.29, 1.82) is 0 Å². The predicted molar refractivity (Wildman–Crippen MR) is 109 cm³/mol. The highest BCUT2D eigenvalue weighted by molar-refractivity contribution is 6.33. The Balaban J connectivity index is 1.72. The van der Waals surface area contributed by atoms with E-state index in [0.717, 1.165) is 6.07 Å². The minimum Gasteiger partial charge on any atom is -0.465 e. The fraction of sp³-hybridized carbons (Fsp3) is 0.0500. The molecule has 2 aromatic carbocycles. The summed E-state index contributed by atoms with van der Waals surface area (Å²) in [6.07, 6.45) is 1.26. The number of nitrogens with one attached hydrogen (secondary N) is 1. The second-order valence-corrected chi connectivity index (χ2v) is 6.30. The van der Waals surface area contributed by atoms with Gasteiger partial charge in [0.15, 0.2) is 0 Å². The molecule has 10 heteroatoms. The number of nitro groups is 1. The number of hydrogen-bond acceptors (Lipinski definition) is 7. The van der Waals surface area contributed by atoms with Gasteiger partial charge in [-0.25, -0.2) is 10.2 Å². The first-order chi connectivity index (χ1) is 14.4. The predicted octanol–water partition coefficient (Wildman–Crippen LogP) is 4.06. The lowest BCUT2D eigenvalue weighted by Crippen LogP contribution is -2.17. The minimum absolute atomic E-state index is 0.0906. The van der Waals surface area contributed by atoms with Crippen molar-refractivity contribution in [2.75, 3.05) is 7.11 Å². The van der Waals surface area contributed by atoms with E-state index < -0.39 is 16.8 Å². The van der Waals surface area contributed by atoms with Crippen LogP contribution in [0.5, 0.6) is 0 Å². The first-order valence-electron chi connectivity index (χ1n) is 8.45. The molecule has 0 bridgehead atoms. The normalized spacial score (nSPS) is 10.7. The van der Waals surface area contributed by atoms with Crippen LogP contribution in [0.25, 0.3) is 11.3 Å². The standard InChI is InChI=1S/C20H14ClN3O6/c1-29-20(26)13-5-7-17(21)16(10-13)18-8-6-15(30-18)11-22-23-19(25)12-3-2-4-14(9-12)24(27)28/h2-11H,1H3,(H,23,25)/b22-11+. The number of non-ortho nitro benzene ring substituents is 1. The van der Waals surface area contributed by atoms with Gasteiger partial charge in [-0.3, -0.25) is 14.9 Å². The van der Waals surface area contributed by atoms with E-state index in [1.165, 1.54) is 43.7 Å². The number of furan rings is 1. The average Bonchev–Trinajstić information content (AvgIpc) is 3.22. The molecule has 1 aromatic heterocycles. The van der Waals surface area contributed by atoms with Gasteiger partial charge in [-0.2, -0.15) is 5.10 Å². The molecule has 0 unspecified atom stereocenters. The molecule has 152 valence electrons. The number of nitro benzene ring substituents is 1. The van der Waals surface area contributed by atoms with Crippen LogP contribution in [0, 0.1) is 10.1 Å². The van der Waals surface area contributed by atoms with Gasteiger partial charge in [-0.05, 0) is 36.4 Å². The Morgan fingerprint density at radius 2 is 1.97 bits per heavy atom. The van der Waals surface area contributed by atoms with Crippen molar-refractivity contribution in [2.45, 2.75) is 0 Å². The summed E-state index contributed by atoms with van der Waals surface area (Å²) >= 11 is 6.19. The molecule has 0 atom stereocenters. The lowest BCUT2D eigenvalue weighted by atomic mass is 10.1. The quantitative estimate of drug-likeness (QED) is 0.274. The maximum Gasteiger partial charge on any atom is 0.337 e. The van der Waals surface area contributed by atoms with Crippen molar-refractivity contribution in [1.82, 2.24) is 5.43 Å². The third-order valence-electron chi connectivity index (χ3n) is 3.96. The summed E-state index contributed by atoms with van der Waals surface area (Å²) in [5, 5.41) is 15.0. The smallest absolute Gasteiger partial charge is 0.337 e. The first kappa shape index (κ1) is 20.7. The van der Waals surface area contributed by atoms with Crippen molar-refractivity contribution in [3.8, 4) is 11.3 Å². The minimum atomic E-state index is -0.615. The van der Waals surface area contributed by atoms with Crippen LogP contribution >= 0.6 is 11.6 Å². The highest BCUT2D eigenvalue weighted by atomic mass is 35.5. The fourth-order valence-electron chi connectivity index (χ4n) is 2.51. The number of carbonyl (C=O) groups excluding carboxylic acids is 2. The molecule has 0 spiro atoms. The van der Waals surface area contributed by atoms with Gasteiger partial charge in [0.1, 0.15) is 11.5 Å². The number of ether oxygens (including phenoxy) is 1. The van der Waals surface area contributed by atoms with Crippen LogP contribution in [0.3, 0.4) is 0 Å². The van der Waals surface area contributed by atoms with Crippen LogP contribution in [0.15, 0.2) is 64.1 Å². The lowest BCUT2D eigenvalue weighted by Gasteiger charge is -2.04. The topological polar surface area (TPSA) is 124 Å². The number of rotatable bonds is 6. The Morgan fingerprint density at radius 1 is 1.17 bits per heavy atom. The molecule has 0 aliphatic rings. The number of nitrogens with zero attached hydrogens (tertiary/aromatic N) is 2. The number of hydrazone groups is 1. The summed E-state index contributed by atoms with van der Waals surface area (Å²) in [7, 11) is 1.28. The van der Waals surface area contributed by atoms with E-state index in [4.69, 9.17) is 20.8 Å². The number of methoxy groups -OCH3 is 1. The summed E-state index contributed by atoms with van der Waals surface area (Å²) in [4.78, 5) is 34.0. The zero-order chi connectivity index (χ0) is 21.7. The molecule has 0 saturated heterocycles. The molecule has 1 amide bonds. The lowest BCUT2D eigenvalue weighted by molar-refractivity contribution is -0.384. The Bertz CT molecular complexity index is 1150. The summed E-state index contributed by atoms with van der Waals surface area (Å²) in [6.45, 7) is 0. The second-order valence-electron chi connectivity index (χ2n) is 5.89. The summed E-state index contributed by atoms with van der Waals surface area (Å²) in [5.74, 6) is -0.429. The molecule has 0 fully saturated rings. The third kappa shape index (κ3) is 4.70. The summed E-state index contributed by atoms with van der Waals surface area (Å²) < 4.78 is 10.3. The first-order valence-corrected chi connectivity index (χ1v) is 8.83. The highest BCUT2D eigenvalue weighted by Crippen LogP contribution is 2.30. The van der Waals surface area contributed by atoms with Gasteiger partial charge < -0.3 is 9.15 Å². The Labute approximate surface area is 175 Å². The Kier molecular flexibility index (Phi) is 6.23. The molecule has 3 rings (SSSR count). The van der Waals surface area contributed by atoms with Crippen LogP contribution in [-0.2, 0) is 4.74 Å². The van der Waals surface area contributed by atoms with Crippen LogP contribution in [0.1, 0.15) is 26.5 Å². The van der Waals surface area contributed by atoms with Gasteiger partial charge in [0.05, 0.1) is 28.8 Å². The number of amides is 1. The van der Waals surface area contributed by atoms with Gasteiger partial charge in [0.25, 0.3) is 11.6 Å². The van der Waals surface area contributed by atoms with E-state index in [1.807, 2.05) is 0 Å².